The molecule has 3 aromatic rings. The van der Waals surface area contributed by atoms with Crippen molar-refractivity contribution >= 4 is 17.6 Å². The SMILES string of the molecule is NC(=O)Nc1cccc(C(=O)NCc2cccc(Oc3ccccc3)c2)c1. The summed E-state index contributed by atoms with van der Waals surface area (Å²) in [7, 11) is 0. The molecule has 0 saturated carbocycles. The second kappa shape index (κ2) is 8.53. The number of nitrogens with two attached hydrogens (primary N) is 1. The molecule has 0 saturated heterocycles. The minimum absolute atomic E-state index is 0.252. The molecule has 0 aliphatic carbocycles. The average molecular weight is 361 g/mol. The van der Waals surface area contributed by atoms with E-state index in [4.69, 9.17) is 10.5 Å². The highest BCUT2D eigenvalue weighted by atomic mass is 16.5. The Labute approximate surface area is 157 Å². The lowest BCUT2D eigenvalue weighted by Crippen LogP contribution is -2.23. The van der Waals surface area contributed by atoms with Crippen LogP contribution in [0.2, 0.25) is 0 Å². The van der Waals surface area contributed by atoms with Crippen molar-refractivity contribution in [2.45, 2.75) is 6.54 Å². The molecule has 0 fully saturated rings. The summed E-state index contributed by atoms with van der Waals surface area (Å²) in [6, 6.07) is 22.9. The summed E-state index contributed by atoms with van der Waals surface area (Å²) in [4.78, 5) is 23.3. The van der Waals surface area contributed by atoms with Gasteiger partial charge in [-0.15, -0.1) is 0 Å². The zero-order valence-electron chi connectivity index (χ0n) is 14.5. The van der Waals surface area contributed by atoms with Crippen molar-refractivity contribution in [3.05, 3.63) is 90.0 Å². The Morgan fingerprint density at radius 1 is 0.852 bits per heavy atom. The molecule has 0 aromatic heterocycles. The van der Waals surface area contributed by atoms with Gasteiger partial charge in [0.25, 0.3) is 5.91 Å². The number of anilines is 1. The van der Waals surface area contributed by atoms with Crippen molar-refractivity contribution in [1.29, 1.82) is 0 Å². The summed E-state index contributed by atoms with van der Waals surface area (Å²) in [5.74, 6) is 1.19. The Balaban J connectivity index is 1.62. The topological polar surface area (TPSA) is 93.5 Å². The van der Waals surface area contributed by atoms with Gasteiger partial charge < -0.3 is 21.1 Å². The highest BCUT2D eigenvalue weighted by Gasteiger charge is 2.07. The first-order valence-electron chi connectivity index (χ1n) is 8.37. The van der Waals surface area contributed by atoms with Crippen LogP contribution in [0.5, 0.6) is 11.5 Å². The summed E-state index contributed by atoms with van der Waals surface area (Å²) < 4.78 is 5.80. The van der Waals surface area contributed by atoms with E-state index in [1.807, 2.05) is 54.6 Å². The van der Waals surface area contributed by atoms with Crippen LogP contribution in [0.1, 0.15) is 15.9 Å². The molecule has 4 N–H and O–H groups in total. The van der Waals surface area contributed by atoms with E-state index in [0.29, 0.717) is 23.5 Å². The normalized spacial score (nSPS) is 10.1. The van der Waals surface area contributed by atoms with Crippen LogP contribution < -0.4 is 21.1 Å². The number of ether oxygens (including phenoxy) is 1. The number of hydrogen-bond donors (Lipinski definition) is 3. The Kier molecular flexibility index (Phi) is 5.69. The van der Waals surface area contributed by atoms with E-state index in [-0.39, 0.29) is 5.91 Å². The number of rotatable bonds is 6. The molecule has 0 aliphatic rings. The minimum Gasteiger partial charge on any atom is -0.457 e. The molecule has 0 spiro atoms. The monoisotopic (exact) mass is 361 g/mol. The van der Waals surface area contributed by atoms with Gasteiger partial charge in [-0.3, -0.25) is 4.79 Å². The predicted octanol–water partition coefficient (Wildman–Crippen LogP) is 3.90. The molecule has 3 rings (SSSR count). The summed E-state index contributed by atoms with van der Waals surface area (Å²) in [5, 5.41) is 5.30. The number of amides is 3. The van der Waals surface area contributed by atoms with E-state index in [1.165, 1.54) is 0 Å². The maximum atomic E-state index is 12.3. The Bertz CT molecular complexity index is 942. The lowest BCUT2D eigenvalue weighted by atomic mass is 10.1. The smallest absolute Gasteiger partial charge is 0.316 e. The van der Waals surface area contributed by atoms with Gasteiger partial charge >= 0.3 is 6.03 Å². The molecule has 27 heavy (non-hydrogen) atoms. The van der Waals surface area contributed by atoms with Gasteiger partial charge in [0.2, 0.25) is 0 Å². The summed E-state index contributed by atoms with van der Waals surface area (Å²) >= 11 is 0. The van der Waals surface area contributed by atoms with Gasteiger partial charge in [-0.25, -0.2) is 4.79 Å². The molecular weight excluding hydrogens is 342 g/mol. The first kappa shape index (κ1) is 18.0. The zero-order valence-corrected chi connectivity index (χ0v) is 14.5. The summed E-state index contributed by atoms with van der Waals surface area (Å²) in [6.45, 7) is 0.346. The quantitative estimate of drug-likeness (QED) is 0.621. The highest BCUT2D eigenvalue weighted by molar-refractivity contribution is 5.96. The molecule has 0 unspecified atom stereocenters. The van der Waals surface area contributed by atoms with Crippen molar-refractivity contribution in [3.8, 4) is 11.5 Å². The van der Waals surface area contributed by atoms with Crippen LogP contribution in [0.3, 0.4) is 0 Å². The second-order valence-electron chi connectivity index (χ2n) is 5.82. The molecule has 6 heteroatoms. The van der Waals surface area contributed by atoms with Crippen molar-refractivity contribution in [1.82, 2.24) is 5.32 Å². The molecule has 0 aliphatic heterocycles. The number of nitrogens with one attached hydrogen (secondary N) is 2. The number of carbonyl (C=O) groups is 2. The van der Waals surface area contributed by atoms with Crippen molar-refractivity contribution in [3.63, 3.8) is 0 Å². The fourth-order valence-corrected chi connectivity index (χ4v) is 2.51. The summed E-state index contributed by atoms with van der Waals surface area (Å²) in [5.41, 5.74) is 6.89. The molecule has 6 nitrogen and oxygen atoms in total. The van der Waals surface area contributed by atoms with Gasteiger partial charge in [0, 0.05) is 17.8 Å². The third kappa shape index (κ3) is 5.34. The van der Waals surface area contributed by atoms with Gasteiger partial charge in [0.15, 0.2) is 0 Å². The molecule has 3 amide bonds. The van der Waals surface area contributed by atoms with Gasteiger partial charge in [-0.1, -0.05) is 36.4 Å². The number of primary amides is 1. The van der Waals surface area contributed by atoms with E-state index >= 15 is 0 Å². The maximum absolute atomic E-state index is 12.3. The Hall–Kier alpha value is -3.80. The largest absolute Gasteiger partial charge is 0.457 e. The fraction of sp³-hybridized carbons (Fsp3) is 0.0476. The minimum atomic E-state index is -0.678. The molecule has 3 aromatic carbocycles. The number of para-hydroxylation sites is 1. The van der Waals surface area contributed by atoms with E-state index in [1.54, 1.807) is 24.3 Å². The van der Waals surface area contributed by atoms with Gasteiger partial charge in [0.05, 0.1) is 0 Å². The van der Waals surface area contributed by atoms with Crippen molar-refractivity contribution in [2.75, 3.05) is 5.32 Å². The molecular formula is C21H19N3O3. The predicted molar refractivity (Wildman–Crippen MR) is 104 cm³/mol. The maximum Gasteiger partial charge on any atom is 0.316 e. The first-order chi connectivity index (χ1) is 13.1. The van der Waals surface area contributed by atoms with Crippen LogP contribution in [-0.2, 0) is 6.54 Å². The number of urea groups is 1. The first-order valence-corrected chi connectivity index (χ1v) is 8.37. The summed E-state index contributed by atoms with van der Waals surface area (Å²) in [6.07, 6.45) is 0. The van der Waals surface area contributed by atoms with Crippen LogP contribution >= 0.6 is 0 Å². The zero-order chi connectivity index (χ0) is 19.1. The lowest BCUT2D eigenvalue weighted by molar-refractivity contribution is 0.0951. The van der Waals surface area contributed by atoms with E-state index in [2.05, 4.69) is 10.6 Å². The average Bonchev–Trinajstić information content (AvgIpc) is 2.67. The number of benzene rings is 3. The molecule has 0 bridgehead atoms. The van der Waals surface area contributed by atoms with Crippen LogP contribution in [-0.4, -0.2) is 11.9 Å². The van der Waals surface area contributed by atoms with Crippen molar-refractivity contribution in [2.24, 2.45) is 5.73 Å². The molecule has 0 radical (unpaired) electrons. The third-order valence-corrected chi connectivity index (χ3v) is 3.72. The van der Waals surface area contributed by atoms with E-state index in [9.17, 15) is 9.59 Å². The van der Waals surface area contributed by atoms with Crippen LogP contribution in [0.25, 0.3) is 0 Å². The van der Waals surface area contributed by atoms with Crippen LogP contribution in [0.15, 0.2) is 78.9 Å². The molecule has 0 heterocycles. The fourth-order valence-electron chi connectivity index (χ4n) is 2.51. The third-order valence-electron chi connectivity index (χ3n) is 3.72. The standard InChI is InChI=1S/C21H19N3O3/c22-21(26)24-17-8-5-7-16(13-17)20(25)23-14-15-6-4-11-19(12-15)27-18-9-2-1-3-10-18/h1-13H,14H2,(H,23,25)(H3,22,24,26). The lowest BCUT2D eigenvalue weighted by Gasteiger charge is -2.09. The Morgan fingerprint density at radius 2 is 1.59 bits per heavy atom. The second-order valence-corrected chi connectivity index (χ2v) is 5.82. The van der Waals surface area contributed by atoms with Crippen LogP contribution in [0, 0.1) is 0 Å². The van der Waals surface area contributed by atoms with E-state index in [0.717, 1.165) is 11.3 Å². The molecule has 136 valence electrons. The van der Waals surface area contributed by atoms with Crippen LogP contribution in [0.4, 0.5) is 10.5 Å². The van der Waals surface area contributed by atoms with Crippen molar-refractivity contribution < 1.29 is 14.3 Å². The molecule has 0 atom stereocenters. The van der Waals surface area contributed by atoms with Gasteiger partial charge in [-0.05, 0) is 48.0 Å². The van der Waals surface area contributed by atoms with E-state index < -0.39 is 6.03 Å². The van der Waals surface area contributed by atoms with Gasteiger partial charge in [-0.2, -0.15) is 0 Å². The van der Waals surface area contributed by atoms with Gasteiger partial charge in [0.1, 0.15) is 11.5 Å². The number of carbonyl (C=O) groups excluding carboxylic acids is 2. The highest BCUT2D eigenvalue weighted by Crippen LogP contribution is 2.21. The Morgan fingerprint density at radius 3 is 2.37 bits per heavy atom. The number of hydrogen-bond acceptors (Lipinski definition) is 3.